The second-order valence-electron chi connectivity index (χ2n) is 21.3. The van der Waals surface area contributed by atoms with E-state index in [9.17, 15) is 14.4 Å². The zero-order chi connectivity index (χ0) is 56.4. The molecule has 6 nitrogen and oxygen atoms in total. The molecule has 0 bridgehead atoms. The third-order valence-corrected chi connectivity index (χ3v) is 13.7. The Balaban J connectivity index is 4.25. The average Bonchev–Trinajstić information content (AvgIpc) is 3.44. The maximum absolute atomic E-state index is 12.9. The molecule has 0 aromatic carbocycles. The molecule has 6 heteroatoms. The van der Waals surface area contributed by atoms with E-state index in [0.29, 0.717) is 19.3 Å². The number of hydrogen-bond acceptors (Lipinski definition) is 6. The summed E-state index contributed by atoms with van der Waals surface area (Å²) in [6, 6.07) is 0. The Bertz CT molecular complexity index is 1620. The van der Waals surface area contributed by atoms with E-state index in [4.69, 9.17) is 14.2 Å². The minimum atomic E-state index is -0.790. The molecule has 1 atom stereocenters. The molecule has 0 spiro atoms. The summed E-state index contributed by atoms with van der Waals surface area (Å²) in [5, 5.41) is 0. The van der Waals surface area contributed by atoms with Gasteiger partial charge in [-0.1, -0.05) is 271 Å². The standard InChI is InChI=1S/C72H120O6/c1-4-7-10-13-16-19-22-25-27-29-30-31-32-33-34-35-36-37-38-39-40-41-42-44-45-47-50-53-56-59-62-65-71(74)77-68-69(67-76-70(73)64-61-58-55-52-49-24-21-18-15-12-9-6-3)78-72(75)66-63-60-57-54-51-48-46-43-28-26-23-20-17-14-11-8-5-2/h7-8,10-11,16-21,25-28,30-31,33-34,36-37,69H,4-6,9,12-15,22-24,29,32,35,38-68H2,1-3H3/b10-7-,11-8-,19-16-,20-17-,21-18-,27-25-,28-26-,31-30-,34-33-,37-36-. The summed E-state index contributed by atoms with van der Waals surface area (Å²) in [4.78, 5) is 38.3. The molecule has 0 rings (SSSR count). The van der Waals surface area contributed by atoms with E-state index in [0.717, 1.165) is 128 Å². The first-order valence-electron chi connectivity index (χ1n) is 32.5. The molecule has 444 valence electrons. The van der Waals surface area contributed by atoms with Crippen LogP contribution < -0.4 is 0 Å². The number of ether oxygens (including phenoxy) is 3. The van der Waals surface area contributed by atoms with Gasteiger partial charge < -0.3 is 14.2 Å². The van der Waals surface area contributed by atoms with Gasteiger partial charge in [0.05, 0.1) is 0 Å². The van der Waals surface area contributed by atoms with Crippen molar-refractivity contribution in [3.63, 3.8) is 0 Å². The highest BCUT2D eigenvalue weighted by Crippen LogP contribution is 2.16. The van der Waals surface area contributed by atoms with Crippen LogP contribution in [-0.4, -0.2) is 37.2 Å². The molecule has 0 aliphatic heterocycles. The van der Waals surface area contributed by atoms with Gasteiger partial charge in [0.2, 0.25) is 0 Å². The number of esters is 3. The van der Waals surface area contributed by atoms with Crippen molar-refractivity contribution in [1.29, 1.82) is 0 Å². The van der Waals surface area contributed by atoms with Crippen LogP contribution >= 0.6 is 0 Å². The number of unbranched alkanes of at least 4 members (excludes halogenated alkanes) is 27. The molecule has 78 heavy (non-hydrogen) atoms. The van der Waals surface area contributed by atoms with Crippen LogP contribution in [0.4, 0.5) is 0 Å². The molecule has 0 heterocycles. The Labute approximate surface area is 482 Å². The van der Waals surface area contributed by atoms with E-state index in [1.807, 2.05) is 0 Å². The van der Waals surface area contributed by atoms with Crippen molar-refractivity contribution >= 4 is 17.9 Å². The number of carbonyl (C=O) groups is 3. The summed E-state index contributed by atoms with van der Waals surface area (Å²) < 4.78 is 16.9. The maximum atomic E-state index is 12.9. The molecule has 0 N–H and O–H groups in total. The molecule has 0 aliphatic carbocycles. The van der Waals surface area contributed by atoms with E-state index < -0.39 is 6.10 Å². The van der Waals surface area contributed by atoms with Crippen molar-refractivity contribution < 1.29 is 28.6 Å². The smallest absolute Gasteiger partial charge is 0.306 e. The van der Waals surface area contributed by atoms with E-state index in [-0.39, 0.29) is 31.1 Å². The minimum Gasteiger partial charge on any atom is -0.462 e. The molecular weight excluding hydrogens is 961 g/mol. The first-order chi connectivity index (χ1) is 38.5. The Morgan fingerprint density at radius 1 is 0.269 bits per heavy atom. The third kappa shape index (κ3) is 62.7. The first-order valence-corrected chi connectivity index (χ1v) is 32.5. The average molecular weight is 1080 g/mol. The quantitative estimate of drug-likeness (QED) is 0.0261. The summed E-state index contributed by atoms with van der Waals surface area (Å²) in [5.74, 6) is -0.902. The highest BCUT2D eigenvalue weighted by Gasteiger charge is 2.19. The number of allylic oxidation sites excluding steroid dienone is 20. The van der Waals surface area contributed by atoms with Gasteiger partial charge in [-0.05, 0) is 128 Å². The van der Waals surface area contributed by atoms with Gasteiger partial charge >= 0.3 is 17.9 Å². The fourth-order valence-corrected chi connectivity index (χ4v) is 8.87. The SMILES string of the molecule is CC/C=C\C/C=C\C/C=C\C/C=C\C/C=C\C/C=C\CCCCCCCCCCCCCCC(=O)OCC(COC(=O)CCCCCCC/C=C\CCCCC)OC(=O)CCCCCCCCC/C=C\C/C=C\C/C=C\CC. The molecule has 1 unspecified atom stereocenters. The fourth-order valence-electron chi connectivity index (χ4n) is 8.87. The second kappa shape index (κ2) is 65.3. The van der Waals surface area contributed by atoms with E-state index in [2.05, 4.69) is 142 Å². The van der Waals surface area contributed by atoms with Gasteiger partial charge in [0.15, 0.2) is 6.10 Å². The second-order valence-corrected chi connectivity index (χ2v) is 21.3. The van der Waals surface area contributed by atoms with Crippen LogP contribution in [0.2, 0.25) is 0 Å². The molecule has 0 amide bonds. The van der Waals surface area contributed by atoms with Crippen molar-refractivity contribution in [2.24, 2.45) is 0 Å². The highest BCUT2D eigenvalue weighted by atomic mass is 16.6. The lowest BCUT2D eigenvalue weighted by Gasteiger charge is -2.18. The van der Waals surface area contributed by atoms with Crippen LogP contribution in [0.1, 0.15) is 297 Å². The zero-order valence-electron chi connectivity index (χ0n) is 50.9. The fraction of sp³-hybridized carbons (Fsp3) is 0.681. The van der Waals surface area contributed by atoms with Gasteiger partial charge in [-0.3, -0.25) is 14.4 Å². The molecule has 0 aromatic rings. The minimum absolute atomic E-state index is 0.0864. The Kier molecular flexibility index (Phi) is 61.8. The lowest BCUT2D eigenvalue weighted by molar-refractivity contribution is -0.167. The van der Waals surface area contributed by atoms with E-state index in [1.54, 1.807) is 0 Å². The van der Waals surface area contributed by atoms with Crippen molar-refractivity contribution in [1.82, 2.24) is 0 Å². The third-order valence-electron chi connectivity index (χ3n) is 13.7. The van der Waals surface area contributed by atoms with Gasteiger partial charge in [-0.25, -0.2) is 0 Å². The maximum Gasteiger partial charge on any atom is 0.306 e. The summed E-state index contributed by atoms with van der Waals surface area (Å²) in [7, 11) is 0. The van der Waals surface area contributed by atoms with Gasteiger partial charge in [-0.15, -0.1) is 0 Å². The molecule has 0 fully saturated rings. The predicted molar refractivity (Wildman–Crippen MR) is 339 cm³/mol. The first kappa shape index (κ1) is 73.8. The van der Waals surface area contributed by atoms with Crippen LogP contribution in [0.25, 0.3) is 0 Å². The highest BCUT2D eigenvalue weighted by molar-refractivity contribution is 5.71. The lowest BCUT2D eigenvalue weighted by atomic mass is 10.0. The largest absolute Gasteiger partial charge is 0.462 e. The van der Waals surface area contributed by atoms with E-state index >= 15 is 0 Å². The number of rotatable bonds is 58. The monoisotopic (exact) mass is 1080 g/mol. The summed E-state index contributed by atoms with van der Waals surface area (Å²) >= 11 is 0. The van der Waals surface area contributed by atoms with Gasteiger partial charge in [0.1, 0.15) is 13.2 Å². The Morgan fingerprint density at radius 3 is 0.795 bits per heavy atom. The van der Waals surface area contributed by atoms with Gasteiger partial charge in [0, 0.05) is 19.3 Å². The molecule has 0 saturated heterocycles. The predicted octanol–water partition coefficient (Wildman–Crippen LogP) is 22.4. The number of hydrogen-bond donors (Lipinski definition) is 0. The number of carbonyl (C=O) groups excluding carboxylic acids is 3. The molecule has 0 radical (unpaired) electrons. The molecular formula is C72H120O6. The van der Waals surface area contributed by atoms with E-state index in [1.165, 1.54) is 128 Å². The van der Waals surface area contributed by atoms with Gasteiger partial charge in [0.25, 0.3) is 0 Å². The Morgan fingerprint density at radius 2 is 0.500 bits per heavy atom. The van der Waals surface area contributed by atoms with Crippen molar-refractivity contribution in [2.75, 3.05) is 13.2 Å². The normalized spacial score (nSPS) is 12.9. The van der Waals surface area contributed by atoms with Crippen LogP contribution in [0.3, 0.4) is 0 Å². The van der Waals surface area contributed by atoms with Crippen molar-refractivity contribution in [3.8, 4) is 0 Å². The summed E-state index contributed by atoms with van der Waals surface area (Å²) in [5.41, 5.74) is 0. The van der Waals surface area contributed by atoms with Crippen LogP contribution in [0.15, 0.2) is 122 Å². The van der Waals surface area contributed by atoms with Crippen LogP contribution in [0.5, 0.6) is 0 Å². The zero-order valence-corrected chi connectivity index (χ0v) is 50.9. The van der Waals surface area contributed by atoms with Crippen molar-refractivity contribution in [2.45, 2.75) is 303 Å². The molecule has 0 aromatic heterocycles. The van der Waals surface area contributed by atoms with Gasteiger partial charge in [-0.2, -0.15) is 0 Å². The van der Waals surface area contributed by atoms with Crippen LogP contribution in [0, 0.1) is 0 Å². The summed E-state index contributed by atoms with van der Waals surface area (Å²) in [6.07, 6.45) is 90.7. The Hall–Kier alpha value is -4.19. The van der Waals surface area contributed by atoms with Crippen LogP contribution in [-0.2, 0) is 28.6 Å². The molecule has 0 aliphatic rings. The molecule has 0 saturated carbocycles. The summed E-state index contributed by atoms with van der Waals surface area (Å²) in [6.45, 7) is 6.39. The van der Waals surface area contributed by atoms with Crippen molar-refractivity contribution in [3.05, 3.63) is 122 Å². The topological polar surface area (TPSA) is 78.9 Å². The lowest BCUT2D eigenvalue weighted by Crippen LogP contribution is -2.30.